The highest BCUT2D eigenvalue weighted by atomic mass is 16.5. The van der Waals surface area contributed by atoms with Gasteiger partial charge >= 0.3 is 0 Å². The van der Waals surface area contributed by atoms with Gasteiger partial charge in [-0.05, 0) is 23.7 Å². The standard InChI is InChI=1S/C13H16N4O2/c1-9-3-2-4-10(14)11(9)12-15-13(16-19-12)17-5-7-18-8-6-17/h2-4H,5-8,14H2,1H3. The molecule has 0 bridgehead atoms. The Balaban J connectivity index is 1.92. The van der Waals surface area contributed by atoms with E-state index in [1.54, 1.807) is 0 Å². The molecule has 1 aromatic heterocycles. The number of hydrogen-bond donors (Lipinski definition) is 1. The van der Waals surface area contributed by atoms with E-state index in [-0.39, 0.29) is 0 Å². The fourth-order valence-corrected chi connectivity index (χ4v) is 2.19. The topological polar surface area (TPSA) is 77.4 Å². The van der Waals surface area contributed by atoms with E-state index in [1.165, 1.54) is 0 Å². The Morgan fingerprint density at radius 3 is 2.79 bits per heavy atom. The van der Waals surface area contributed by atoms with Gasteiger partial charge in [0.1, 0.15) is 0 Å². The van der Waals surface area contributed by atoms with Gasteiger partial charge in [0, 0.05) is 18.8 Å². The molecular weight excluding hydrogens is 244 g/mol. The molecule has 0 aliphatic carbocycles. The van der Waals surface area contributed by atoms with Crippen molar-refractivity contribution < 1.29 is 9.26 Å². The molecule has 6 nitrogen and oxygen atoms in total. The number of benzene rings is 1. The number of hydrogen-bond acceptors (Lipinski definition) is 6. The highest BCUT2D eigenvalue weighted by Gasteiger charge is 2.19. The average molecular weight is 260 g/mol. The Bertz CT molecular complexity index is 556. The summed E-state index contributed by atoms with van der Waals surface area (Å²) in [5.41, 5.74) is 8.47. The van der Waals surface area contributed by atoms with Gasteiger partial charge < -0.3 is 19.9 Å². The van der Waals surface area contributed by atoms with Gasteiger partial charge in [-0.15, -0.1) is 0 Å². The largest absolute Gasteiger partial charge is 0.398 e. The number of nitrogens with two attached hydrogens (primary N) is 1. The molecule has 1 saturated heterocycles. The summed E-state index contributed by atoms with van der Waals surface area (Å²) in [7, 11) is 0. The van der Waals surface area contributed by atoms with E-state index in [0.717, 1.165) is 24.2 Å². The number of nitrogens with zero attached hydrogens (tertiary/aromatic N) is 3. The maximum absolute atomic E-state index is 5.98. The van der Waals surface area contributed by atoms with Crippen molar-refractivity contribution in [1.29, 1.82) is 0 Å². The second-order valence-electron chi connectivity index (χ2n) is 4.54. The summed E-state index contributed by atoms with van der Waals surface area (Å²) in [6.45, 7) is 4.92. The molecule has 0 amide bonds. The number of aryl methyl sites for hydroxylation is 1. The first-order valence-corrected chi connectivity index (χ1v) is 6.27. The molecule has 0 spiro atoms. The molecule has 0 saturated carbocycles. The van der Waals surface area contributed by atoms with E-state index >= 15 is 0 Å². The van der Waals surface area contributed by atoms with Crippen LogP contribution in [0, 0.1) is 6.92 Å². The van der Waals surface area contributed by atoms with Gasteiger partial charge in [0.15, 0.2) is 0 Å². The average Bonchev–Trinajstić information content (AvgIpc) is 2.89. The van der Waals surface area contributed by atoms with Crippen molar-refractivity contribution >= 4 is 11.6 Å². The number of ether oxygens (including phenoxy) is 1. The third-order valence-electron chi connectivity index (χ3n) is 3.23. The maximum Gasteiger partial charge on any atom is 0.266 e. The Morgan fingerprint density at radius 2 is 2.05 bits per heavy atom. The number of morpholine rings is 1. The zero-order valence-corrected chi connectivity index (χ0v) is 10.8. The smallest absolute Gasteiger partial charge is 0.266 e. The second-order valence-corrected chi connectivity index (χ2v) is 4.54. The molecule has 3 rings (SSSR count). The van der Waals surface area contributed by atoms with Gasteiger partial charge in [0.05, 0.1) is 18.8 Å². The van der Waals surface area contributed by atoms with Crippen LogP contribution in [0.5, 0.6) is 0 Å². The molecule has 0 atom stereocenters. The summed E-state index contributed by atoms with van der Waals surface area (Å²) in [4.78, 5) is 6.49. The van der Waals surface area contributed by atoms with E-state index in [1.807, 2.05) is 30.0 Å². The molecule has 19 heavy (non-hydrogen) atoms. The third-order valence-corrected chi connectivity index (χ3v) is 3.23. The highest BCUT2D eigenvalue weighted by molar-refractivity contribution is 5.74. The van der Waals surface area contributed by atoms with Crippen molar-refractivity contribution in [2.24, 2.45) is 0 Å². The lowest BCUT2D eigenvalue weighted by atomic mass is 10.1. The third kappa shape index (κ3) is 2.26. The van der Waals surface area contributed by atoms with E-state index < -0.39 is 0 Å². The molecule has 6 heteroatoms. The quantitative estimate of drug-likeness (QED) is 0.824. The first-order valence-electron chi connectivity index (χ1n) is 6.27. The molecule has 2 N–H and O–H groups in total. The highest BCUT2D eigenvalue weighted by Crippen LogP contribution is 2.29. The van der Waals surface area contributed by atoms with Crippen LogP contribution in [-0.4, -0.2) is 36.4 Å². The van der Waals surface area contributed by atoms with Crippen molar-refractivity contribution in [2.75, 3.05) is 36.9 Å². The molecule has 1 fully saturated rings. The minimum Gasteiger partial charge on any atom is -0.398 e. The second kappa shape index (κ2) is 4.89. The Labute approximate surface area is 111 Å². The summed E-state index contributed by atoms with van der Waals surface area (Å²) in [6.07, 6.45) is 0. The molecule has 0 radical (unpaired) electrons. The van der Waals surface area contributed by atoms with E-state index in [4.69, 9.17) is 15.0 Å². The molecule has 1 aliphatic rings. The number of rotatable bonds is 2. The van der Waals surface area contributed by atoms with Crippen LogP contribution in [0.15, 0.2) is 22.7 Å². The van der Waals surface area contributed by atoms with Gasteiger partial charge in [-0.1, -0.05) is 12.1 Å². The minimum absolute atomic E-state index is 0.470. The zero-order valence-electron chi connectivity index (χ0n) is 10.8. The zero-order chi connectivity index (χ0) is 13.2. The lowest BCUT2D eigenvalue weighted by molar-refractivity contribution is 0.121. The SMILES string of the molecule is Cc1cccc(N)c1-c1nc(N2CCOCC2)no1. The summed E-state index contributed by atoms with van der Waals surface area (Å²) in [5.74, 6) is 1.07. The predicted octanol–water partition coefficient (Wildman–Crippen LogP) is 1.46. The van der Waals surface area contributed by atoms with Gasteiger partial charge in [-0.2, -0.15) is 4.98 Å². The molecular formula is C13H16N4O2. The Morgan fingerprint density at radius 1 is 1.26 bits per heavy atom. The summed E-state index contributed by atoms with van der Waals surface area (Å²) in [6, 6.07) is 5.72. The lowest BCUT2D eigenvalue weighted by Crippen LogP contribution is -2.36. The van der Waals surface area contributed by atoms with Crippen LogP contribution in [-0.2, 0) is 4.74 Å². The van der Waals surface area contributed by atoms with Crippen LogP contribution in [0.2, 0.25) is 0 Å². The van der Waals surface area contributed by atoms with Crippen LogP contribution >= 0.6 is 0 Å². The molecule has 0 unspecified atom stereocenters. The number of nitrogen functional groups attached to an aromatic ring is 1. The van der Waals surface area contributed by atoms with E-state index in [2.05, 4.69) is 10.1 Å². The molecule has 1 aromatic carbocycles. The van der Waals surface area contributed by atoms with Crippen molar-refractivity contribution in [3.63, 3.8) is 0 Å². The van der Waals surface area contributed by atoms with Gasteiger partial charge in [0.25, 0.3) is 11.8 Å². The Hall–Kier alpha value is -2.08. The number of anilines is 2. The monoisotopic (exact) mass is 260 g/mol. The van der Waals surface area contributed by atoms with Crippen LogP contribution in [0.1, 0.15) is 5.56 Å². The molecule has 100 valence electrons. The summed E-state index contributed by atoms with van der Waals surface area (Å²) in [5, 5.41) is 4.03. The lowest BCUT2D eigenvalue weighted by Gasteiger charge is -2.24. The van der Waals surface area contributed by atoms with E-state index in [0.29, 0.717) is 30.7 Å². The van der Waals surface area contributed by atoms with Crippen LogP contribution < -0.4 is 10.6 Å². The van der Waals surface area contributed by atoms with Crippen molar-refractivity contribution in [3.05, 3.63) is 23.8 Å². The first kappa shape index (κ1) is 12.0. The summed E-state index contributed by atoms with van der Waals surface area (Å²) >= 11 is 0. The van der Waals surface area contributed by atoms with Gasteiger partial charge in [-0.25, -0.2) is 0 Å². The molecule has 1 aliphatic heterocycles. The van der Waals surface area contributed by atoms with Crippen molar-refractivity contribution in [2.45, 2.75) is 6.92 Å². The first-order chi connectivity index (χ1) is 9.25. The van der Waals surface area contributed by atoms with Crippen LogP contribution in [0.4, 0.5) is 11.6 Å². The van der Waals surface area contributed by atoms with Gasteiger partial charge in [0.2, 0.25) is 0 Å². The van der Waals surface area contributed by atoms with Crippen LogP contribution in [0.3, 0.4) is 0 Å². The molecule has 2 heterocycles. The minimum atomic E-state index is 0.470. The number of aromatic nitrogens is 2. The van der Waals surface area contributed by atoms with Crippen molar-refractivity contribution in [1.82, 2.24) is 10.1 Å². The fourth-order valence-electron chi connectivity index (χ4n) is 2.19. The normalized spacial score (nSPS) is 15.7. The predicted molar refractivity (Wildman–Crippen MR) is 71.9 cm³/mol. The van der Waals surface area contributed by atoms with Gasteiger partial charge in [-0.3, -0.25) is 0 Å². The van der Waals surface area contributed by atoms with E-state index in [9.17, 15) is 0 Å². The maximum atomic E-state index is 5.98. The van der Waals surface area contributed by atoms with Crippen molar-refractivity contribution in [3.8, 4) is 11.5 Å². The Kier molecular flexibility index (Phi) is 3.08. The fraction of sp³-hybridized carbons (Fsp3) is 0.385. The van der Waals surface area contributed by atoms with Crippen LogP contribution in [0.25, 0.3) is 11.5 Å². The summed E-state index contributed by atoms with van der Waals surface area (Å²) < 4.78 is 10.6. The molecule has 2 aromatic rings.